The number of ketones is 1. The summed E-state index contributed by atoms with van der Waals surface area (Å²) in [7, 11) is 0. The van der Waals surface area contributed by atoms with Gasteiger partial charge in [0.05, 0.1) is 6.26 Å². The van der Waals surface area contributed by atoms with Crippen LogP contribution < -0.4 is 5.73 Å². The molecule has 0 aliphatic carbocycles. The predicted molar refractivity (Wildman–Crippen MR) is 50.5 cm³/mol. The van der Waals surface area contributed by atoms with Crippen molar-refractivity contribution >= 4 is 5.78 Å². The Morgan fingerprint density at radius 2 is 2.46 bits per heavy atom. The second kappa shape index (κ2) is 4.82. The Kier molecular flexibility index (Phi) is 3.71. The fraction of sp³-hybridized carbons (Fsp3) is 0.500. The van der Waals surface area contributed by atoms with Gasteiger partial charge in [0.15, 0.2) is 5.76 Å². The van der Waals surface area contributed by atoms with Gasteiger partial charge < -0.3 is 10.2 Å². The van der Waals surface area contributed by atoms with Crippen LogP contribution in [-0.2, 0) is 0 Å². The maximum Gasteiger partial charge on any atom is 0.202 e. The van der Waals surface area contributed by atoms with Crippen LogP contribution in [-0.4, -0.2) is 12.3 Å². The largest absolute Gasteiger partial charge is 0.461 e. The number of hydrogen-bond acceptors (Lipinski definition) is 3. The van der Waals surface area contributed by atoms with Crippen molar-refractivity contribution in [2.75, 3.05) is 6.54 Å². The van der Waals surface area contributed by atoms with Gasteiger partial charge in [0.1, 0.15) is 0 Å². The maximum absolute atomic E-state index is 11.7. The Balaban J connectivity index is 2.65. The molecule has 0 saturated heterocycles. The van der Waals surface area contributed by atoms with Crippen LogP contribution in [0, 0.1) is 5.92 Å². The molecule has 3 heteroatoms. The number of hydrogen-bond donors (Lipinski definition) is 1. The first-order valence-electron chi connectivity index (χ1n) is 4.57. The molecule has 0 fully saturated rings. The zero-order valence-corrected chi connectivity index (χ0v) is 7.82. The minimum atomic E-state index is -0.0869. The topological polar surface area (TPSA) is 56.2 Å². The average Bonchev–Trinajstić information content (AvgIpc) is 2.65. The Bertz CT molecular complexity index is 254. The molecule has 0 radical (unpaired) electrons. The van der Waals surface area contributed by atoms with Crippen molar-refractivity contribution in [3.8, 4) is 0 Å². The summed E-state index contributed by atoms with van der Waals surface area (Å²) < 4.78 is 5.02. The van der Waals surface area contributed by atoms with Gasteiger partial charge in [-0.15, -0.1) is 0 Å². The van der Waals surface area contributed by atoms with Gasteiger partial charge in [0, 0.05) is 12.5 Å². The molecule has 0 aliphatic heterocycles. The third-order valence-electron chi connectivity index (χ3n) is 2.06. The van der Waals surface area contributed by atoms with E-state index in [-0.39, 0.29) is 11.7 Å². The van der Waals surface area contributed by atoms with Crippen molar-refractivity contribution in [3.05, 3.63) is 24.2 Å². The van der Waals surface area contributed by atoms with Crippen molar-refractivity contribution in [1.82, 2.24) is 0 Å². The summed E-state index contributed by atoms with van der Waals surface area (Å²) in [5, 5.41) is 0. The fourth-order valence-corrected chi connectivity index (χ4v) is 1.32. The zero-order chi connectivity index (χ0) is 9.68. The van der Waals surface area contributed by atoms with Crippen molar-refractivity contribution in [1.29, 1.82) is 0 Å². The van der Waals surface area contributed by atoms with E-state index in [1.54, 1.807) is 12.1 Å². The van der Waals surface area contributed by atoms with Gasteiger partial charge in [-0.3, -0.25) is 4.79 Å². The number of carbonyl (C=O) groups excluding carboxylic acids is 1. The van der Waals surface area contributed by atoms with Gasteiger partial charge in [-0.05, 0) is 18.6 Å². The summed E-state index contributed by atoms with van der Waals surface area (Å²) >= 11 is 0. The van der Waals surface area contributed by atoms with E-state index in [1.807, 2.05) is 6.92 Å². The molecule has 1 rings (SSSR count). The van der Waals surface area contributed by atoms with E-state index < -0.39 is 0 Å². The summed E-state index contributed by atoms with van der Waals surface area (Å²) in [4.78, 5) is 11.7. The van der Waals surface area contributed by atoms with Gasteiger partial charge >= 0.3 is 0 Å². The van der Waals surface area contributed by atoms with Crippen LogP contribution in [0.4, 0.5) is 0 Å². The summed E-state index contributed by atoms with van der Waals surface area (Å²) in [6, 6.07) is 3.40. The smallest absolute Gasteiger partial charge is 0.202 e. The van der Waals surface area contributed by atoms with E-state index in [1.165, 1.54) is 6.26 Å². The van der Waals surface area contributed by atoms with Crippen LogP contribution in [0.5, 0.6) is 0 Å². The lowest BCUT2D eigenvalue weighted by Crippen LogP contribution is -2.23. The van der Waals surface area contributed by atoms with E-state index >= 15 is 0 Å². The second-order valence-electron chi connectivity index (χ2n) is 3.06. The van der Waals surface area contributed by atoms with Crippen LogP contribution in [0.25, 0.3) is 0 Å². The summed E-state index contributed by atoms with van der Waals surface area (Å²) in [6.07, 6.45) is 3.30. The average molecular weight is 181 g/mol. The Hall–Kier alpha value is -1.09. The highest BCUT2D eigenvalue weighted by Crippen LogP contribution is 2.13. The SMILES string of the molecule is CCCC(CN)C(=O)c1ccco1. The van der Waals surface area contributed by atoms with E-state index in [0.29, 0.717) is 12.3 Å². The molecule has 0 amide bonds. The summed E-state index contributed by atoms with van der Waals surface area (Å²) in [5.74, 6) is 0.356. The van der Waals surface area contributed by atoms with E-state index in [0.717, 1.165) is 12.8 Å². The number of carbonyl (C=O) groups is 1. The normalized spacial score (nSPS) is 12.8. The molecular weight excluding hydrogens is 166 g/mol. The van der Waals surface area contributed by atoms with Gasteiger partial charge in [0.2, 0.25) is 5.78 Å². The quantitative estimate of drug-likeness (QED) is 0.705. The molecule has 72 valence electrons. The molecule has 1 heterocycles. The third kappa shape index (κ3) is 2.42. The molecule has 0 bridgehead atoms. The number of furan rings is 1. The monoisotopic (exact) mass is 181 g/mol. The predicted octanol–water partition coefficient (Wildman–Crippen LogP) is 1.84. The van der Waals surface area contributed by atoms with Crippen LogP contribution in [0.15, 0.2) is 22.8 Å². The lowest BCUT2D eigenvalue weighted by atomic mass is 9.97. The van der Waals surface area contributed by atoms with Gasteiger partial charge in [-0.25, -0.2) is 0 Å². The first-order valence-corrected chi connectivity index (χ1v) is 4.57. The molecule has 0 aliphatic rings. The number of Topliss-reactive ketones (excluding diaryl/α,β-unsaturated/α-hetero) is 1. The molecule has 2 N–H and O–H groups in total. The van der Waals surface area contributed by atoms with Crippen molar-refractivity contribution in [3.63, 3.8) is 0 Å². The maximum atomic E-state index is 11.7. The van der Waals surface area contributed by atoms with Crippen LogP contribution >= 0.6 is 0 Å². The summed E-state index contributed by atoms with van der Waals surface area (Å²) in [5.41, 5.74) is 5.50. The standard InChI is InChI=1S/C10H15NO2/c1-2-4-8(7-11)10(12)9-5-3-6-13-9/h3,5-6,8H,2,4,7,11H2,1H3. The highest BCUT2D eigenvalue weighted by molar-refractivity contribution is 5.95. The van der Waals surface area contributed by atoms with Crippen LogP contribution in [0.3, 0.4) is 0 Å². The molecular formula is C10H15NO2. The highest BCUT2D eigenvalue weighted by Gasteiger charge is 2.19. The molecule has 0 saturated carbocycles. The van der Waals surface area contributed by atoms with Crippen molar-refractivity contribution in [2.24, 2.45) is 11.7 Å². The lowest BCUT2D eigenvalue weighted by Gasteiger charge is -2.09. The van der Waals surface area contributed by atoms with E-state index in [4.69, 9.17) is 10.2 Å². The Labute approximate surface area is 77.9 Å². The van der Waals surface area contributed by atoms with Crippen LogP contribution in [0.2, 0.25) is 0 Å². The minimum Gasteiger partial charge on any atom is -0.461 e. The summed E-state index contributed by atoms with van der Waals surface area (Å²) in [6.45, 7) is 2.44. The second-order valence-corrected chi connectivity index (χ2v) is 3.06. The van der Waals surface area contributed by atoms with Gasteiger partial charge in [-0.2, -0.15) is 0 Å². The number of rotatable bonds is 5. The minimum absolute atomic E-state index is 0.0225. The van der Waals surface area contributed by atoms with E-state index in [2.05, 4.69) is 0 Å². The van der Waals surface area contributed by atoms with Crippen molar-refractivity contribution < 1.29 is 9.21 Å². The Morgan fingerprint density at radius 3 is 2.92 bits per heavy atom. The molecule has 1 unspecified atom stereocenters. The molecule has 1 atom stereocenters. The molecule has 0 aromatic carbocycles. The van der Waals surface area contributed by atoms with Gasteiger partial charge in [0.25, 0.3) is 0 Å². The third-order valence-corrected chi connectivity index (χ3v) is 2.06. The Morgan fingerprint density at radius 1 is 1.69 bits per heavy atom. The molecule has 1 aromatic heterocycles. The zero-order valence-electron chi connectivity index (χ0n) is 7.82. The highest BCUT2D eigenvalue weighted by atomic mass is 16.3. The molecule has 1 aromatic rings. The van der Waals surface area contributed by atoms with E-state index in [9.17, 15) is 4.79 Å². The number of nitrogens with two attached hydrogens (primary N) is 1. The first kappa shape index (κ1) is 9.99. The molecule has 0 spiro atoms. The molecule has 13 heavy (non-hydrogen) atoms. The molecule has 3 nitrogen and oxygen atoms in total. The fourth-order valence-electron chi connectivity index (χ4n) is 1.32. The van der Waals surface area contributed by atoms with Gasteiger partial charge in [-0.1, -0.05) is 13.3 Å². The van der Waals surface area contributed by atoms with Crippen LogP contribution in [0.1, 0.15) is 30.3 Å². The first-order chi connectivity index (χ1) is 6.29. The lowest BCUT2D eigenvalue weighted by molar-refractivity contribution is 0.0889. The van der Waals surface area contributed by atoms with Crippen molar-refractivity contribution in [2.45, 2.75) is 19.8 Å².